The summed E-state index contributed by atoms with van der Waals surface area (Å²) in [5, 5.41) is 3.03. The van der Waals surface area contributed by atoms with E-state index in [0.717, 1.165) is 17.7 Å². The Balaban J connectivity index is 1.67. The Morgan fingerprint density at radius 1 is 1.06 bits per heavy atom. The summed E-state index contributed by atoms with van der Waals surface area (Å²) in [6, 6.07) is 8.65. The van der Waals surface area contributed by atoms with Crippen LogP contribution in [0.25, 0.3) is 10.9 Å². The van der Waals surface area contributed by atoms with Crippen LogP contribution in [0, 0.1) is 17.7 Å². The van der Waals surface area contributed by atoms with Gasteiger partial charge in [0.1, 0.15) is 10.7 Å². The molecule has 3 rings (SSSR count). The monoisotopic (exact) mass is 519 g/mol. The highest BCUT2D eigenvalue weighted by molar-refractivity contribution is 8.45. The van der Waals surface area contributed by atoms with Gasteiger partial charge < -0.3 is 11.1 Å². The molecule has 1 heterocycles. The molecule has 3 aromatic rings. The van der Waals surface area contributed by atoms with Crippen LogP contribution in [0.1, 0.15) is 31.7 Å². The number of fused-ring (bicyclic) bond motifs is 1. The molecule has 4 nitrogen and oxygen atoms in total. The lowest BCUT2D eigenvalue weighted by Gasteiger charge is -2.40. The number of hydrogen-bond acceptors (Lipinski definition) is 3. The lowest BCUT2D eigenvalue weighted by atomic mass is 9.85. The van der Waals surface area contributed by atoms with Gasteiger partial charge in [0.25, 0.3) is 0 Å². The number of amides is 1. The van der Waals surface area contributed by atoms with E-state index in [0.29, 0.717) is 43.1 Å². The molecule has 1 unspecified atom stereocenters. The molecule has 2 atom stereocenters. The third-order valence-electron chi connectivity index (χ3n) is 6.02. The predicted molar refractivity (Wildman–Crippen MR) is 127 cm³/mol. The second-order valence-corrected chi connectivity index (χ2v) is 11.0. The molecule has 2 aromatic carbocycles. The molecular formula is C24H27F6N3OS. The van der Waals surface area contributed by atoms with Crippen molar-refractivity contribution in [1.29, 1.82) is 0 Å². The Morgan fingerprint density at radius 2 is 1.80 bits per heavy atom. The first-order chi connectivity index (χ1) is 16.2. The quantitative estimate of drug-likeness (QED) is 0.271. The van der Waals surface area contributed by atoms with Gasteiger partial charge in [0.15, 0.2) is 0 Å². The first-order valence-corrected chi connectivity index (χ1v) is 13.0. The van der Waals surface area contributed by atoms with E-state index in [2.05, 4.69) is 10.3 Å². The van der Waals surface area contributed by atoms with Crippen molar-refractivity contribution < 1.29 is 28.6 Å². The van der Waals surface area contributed by atoms with Crippen LogP contribution in [0.5, 0.6) is 0 Å². The Kier molecular flexibility index (Phi) is 7.16. The predicted octanol–water partition coefficient (Wildman–Crippen LogP) is 7.59. The van der Waals surface area contributed by atoms with E-state index >= 15 is 0 Å². The van der Waals surface area contributed by atoms with Crippen LogP contribution in [0.3, 0.4) is 0 Å². The van der Waals surface area contributed by atoms with Gasteiger partial charge >= 0.3 is 10.2 Å². The second kappa shape index (κ2) is 9.34. The van der Waals surface area contributed by atoms with Crippen LogP contribution in [0.15, 0.2) is 59.6 Å². The van der Waals surface area contributed by atoms with Gasteiger partial charge in [-0.05, 0) is 86.2 Å². The Morgan fingerprint density at radius 3 is 2.49 bits per heavy atom. The molecule has 11 heteroatoms. The largest absolute Gasteiger partial charge is 0.330 e. The number of nitrogens with zero attached hydrogens (tertiary/aromatic N) is 1. The summed E-state index contributed by atoms with van der Waals surface area (Å²) in [7, 11) is -9.86. The molecule has 0 spiro atoms. The summed E-state index contributed by atoms with van der Waals surface area (Å²) in [6.45, 7) is 1.92. The van der Waals surface area contributed by atoms with E-state index in [9.17, 15) is 28.6 Å². The number of hydrogen-bond donors (Lipinski definition) is 2. The molecule has 1 amide bonds. The molecule has 0 fully saturated rings. The van der Waals surface area contributed by atoms with Gasteiger partial charge in [-0.25, -0.2) is 4.39 Å². The van der Waals surface area contributed by atoms with Crippen LogP contribution >= 0.6 is 10.2 Å². The van der Waals surface area contributed by atoms with Crippen molar-refractivity contribution in [3.05, 3.63) is 66.1 Å². The molecule has 0 saturated heterocycles. The first-order valence-electron chi connectivity index (χ1n) is 11.1. The minimum Gasteiger partial charge on any atom is -0.330 e. The number of anilines is 1. The number of nitrogens with one attached hydrogen (secondary N) is 1. The van der Waals surface area contributed by atoms with E-state index in [4.69, 9.17) is 5.73 Å². The highest BCUT2D eigenvalue weighted by Crippen LogP contribution is 3.02. The van der Waals surface area contributed by atoms with E-state index in [-0.39, 0.29) is 29.6 Å². The van der Waals surface area contributed by atoms with E-state index in [1.807, 2.05) is 6.07 Å². The molecule has 0 bridgehead atoms. The normalized spacial score (nSPS) is 15.8. The number of carbonyl (C=O) groups is 1. The van der Waals surface area contributed by atoms with Gasteiger partial charge in [0.2, 0.25) is 5.91 Å². The summed E-state index contributed by atoms with van der Waals surface area (Å²) >= 11 is 0. The fourth-order valence-electron chi connectivity index (χ4n) is 4.09. The maximum Gasteiger partial charge on any atom is 0.310 e. The van der Waals surface area contributed by atoms with E-state index in [1.165, 1.54) is 12.1 Å². The van der Waals surface area contributed by atoms with Gasteiger partial charge in [-0.15, -0.1) is 0 Å². The average molecular weight is 520 g/mol. The van der Waals surface area contributed by atoms with E-state index in [1.54, 1.807) is 19.2 Å². The third-order valence-corrected chi connectivity index (χ3v) is 7.16. The van der Waals surface area contributed by atoms with Gasteiger partial charge in [0, 0.05) is 23.2 Å². The fraction of sp³-hybridized carbons (Fsp3) is 0.333. The number of pyridine rings is 1. The number of carbonyl (C=O) groups excluding carboxylic acids is 1. The number of halogens is 6. The molecule has 0 saturated carbocycles. The van der Waals surface area contributed by atoms with Crippen LogP contribution in [0.2, 0.25) is 0 Å². The lowest BCUT2D eigenvalue weighted by Crippen LogP contribution is -2.28. The SMILES string of the molecule is CC(C(=O)Nc1cccc(S(F)(F)(F)(F)F)c1)[C@@H](CCN)CCCc1ccnc2ccc(F)cc12. The van der Waals surface area contributed by atoms with Gasteiger partial charge in [-0.1, -0.05) is 32.4 Å². The maximum atomic E-state index is 13.7. The maximum absolute atomic E-state index is 13.7. The van der Waals surface area contributed by atoms with Gasteiger partial charge in [-0.2, -0.15) is 0 Å². The van der Waals surface area contributed by atoms with Crippen LogP contribution in [0.4, 0.5) is 29.5 Å². The lowest BCUT2D eigenvalue weighted by molar-refractivity contribution is -0.121. The molecule has 0 radical (unpaired) electrons. The second-order valence-electron chi connectivity index (χ2n) is 8.64. The van der Waals surface area contributed by atoms with Crippen molar-refractivity contribution in [3.63, 3.8) is 0 Å². The average Bonchev–Trinajstić information content (AvgIpc) is 2.77. The zero-order valence-corrected chi connectivity index (χ0v) is 19.8. The highest BCUT2D eigenvalue weighted by Gasteiger charge is 2.65. The number of aryl methyl sites for hydroxylation is 1. The van der Waals surface area contributed by atoms with E-state index < -0.39 is 26.9 Å². The minimum absolute atomic E-state index is 0.191. The summed E-state index contributed by atoms with van der Waals surface area (Å²) in [5.74, 6) is -1.77. The third kappa shape index (κ3) is 7.11. The molecule has 192 valence electrons. The number of aromatic nitrogens is 1. The Hall–Kier alpha value is -2.79. The van der Waals surface area contributed by atoms with Crippen LogP contribution in [-0.4, -0.2) is 17.4 Å². The minimum atomic E-state index is -9.86. The standard InChI is InChI=1S/C24H27F6N3OS/c1-16(24(34)33-20-6-3-7-21(15-20)35(26,27,28,29)30)17(10-12-31)4-2-5-18-11-13-32-23-9-8-19(25)14-22(18)23/h3,6-9,11,13-17H,2,4-5,10,12,31H2,1H3,(H,33,34)/t16?,17-/m1/s1. The number of nitrogens with two attached hydrogens (primary N) is 1. The van der Waals surface area contributed by atoms with Gasteiger partial charge in [0.05, 0.1) is 5.52 Å². The zero-order valence-electron chi connectivity index (χ0n) is 19.0. The fourth-order valence-corrected chi connectivity index (χ4v) is 4.78. The first kappa shape index (κ1) is 26.8. The molecule has 35 heavy (non-hydrogen) atoms. The number of rotatable bonds is 10. The van der Waals surface area contributed by atoms with Crippen LogP contribution < -0.4 is 11.1 Å². The van der Waals surface area contributed by atoms with Crippen molar-refractivity contribution in [3.8, 4) is 0 Å². The topological polar surface area (TPSA) is 68.0 Å². The van der Waals surface area contributed by atoms with Crippen molar-refractivity contribution in [2.75, 3.05) is 11.9 Å². The Labute approximate surface area is 199 Å². The zero-order chi connectivity index (χ0) is 25.9. The molecular weight excluding hydrogens is 492 g/mol. The summed E-state index contributed by atoms with van der Waals surface area (Å²) in [6.07, 6.45) is 3.97. The number of benzene rings is 2. The molecule has 0 aliphatic heterocycles. The van der Waals surface area contributed by atoms with Crippen molar-refractivity contribution in [1.82, 2.24) is 4.98 Å². The molecule has 3 N–H and O–H groups in total. The summed E-state index contributed by atoms with van der Waals surface area (Å²) < 4.78 is 79.2. The van der Waals surface area contributed by atoms with Gasteiger partial charge in [-0.3, -0.25) is 9.78 Å². The summed E-state index contributed by atoms with van der Waals surface area (Å²) in [5.41, 5.74) is 6.93. The molecule has 0 aliphatic carbocycles. The van der Waals surface area contributed by atoms with Crippen LogP contribution in [-0.2, 0) is 11.2 Å². The Bertz CT molecular complexity index is 1220. The van der Waals surface area contributed by atoms with Crippen molar-refractivity contribution in [2.45, 2.75) is 37.5 Å². The van der Waals surface area contributed by atoms with Crippen molar-refractivity contribution in [2.24, 2.45) is 17.6 Å². The smallest absolute Gasteiger partial charge is 0.310 e. The molecule has 0 aliphatic rings. The highest BCUT2D eigenvalue weighted by atomic mass is 32.5. The summed E-state index contributed by atoms with van der Waals surface area (Å²) in [4.78, 5) is 14.9. The van der Waals surface area contributed by atoms with Crippen molar-refractivity contribution >= 4 is 32.7 Å². The molecule has 1 aromatic heterocycles.